The van der Waals surface area contributed by atoms with Gasteiger partial charge in [-0.05, 0) is 54.1 Å². The summed E-state index contributed by atoms with van der Waals surface area (Å²) >= 11 is 0. The van der Waals surface area contributed by atoms with Crippen LogP contribution < -0.4 is 0 Å². The van der Waals surface area contributed by atoms with Gasteiger partial charge >= 0.3 is 6.18 Å². The van der Waals surface area contributed by atoms with E-state index in [1.165, 1.54) is 22.4 Å². The second-order valence-electron chi connectivity index (χ2n) is 6.54. The van der Waals surface area contributed by atoms with Crippen molar-refractivity contribution in [2.75, 3.05) is 0 Å². The average Bonchev–Trinajstić information content (AvgIpc) is 3.09. The molecule has 5 nitrogen and oxygen atoms in total. The highest BCUT2D eigenvalue weighted by Gasteiger charge is 2.30. The molecular weight excluding hydrogens is 355 g/mol. The molecule has 0 bridgehead atoms. The highest BCUT2D eigenvalue weighted by atomic mass is 19.4. The van der Waals surface area contributed by atoms with Crippen molar-refractivity contribution in [3.8, 4) is 5.69 Å². The van der Waals surface area contributed by atoms with Crippen molar-refractivity contribution in [1.82, 2.24) is 25.1 Å². The van der Waals surface area contributed by atoms with Crippen LogP contribution in [-0.2, 0) is 19.3 Å². The minimum absolute atomic E-state index is 0.239. The van der Waals surface area contributed by atoms with Crippen molar-refractivity contribution in [1.29, 1.82) is 0 Å². The van der Waals surface area contributed by atoms with Gasteiger partial charge in [-0.1, -0.05) is 30.3 Å². The summed E-state index contributed by atoms with van der Waals surface area (Å²) in [7, 11) is 0. The van der Waals surface area contributed by atoms with Crippen LogP contribution in [0.25, 0.3) is 5.69 Å². The maximum absolute atomic E-state index is 12.8. The molecule has 0 N–H and O–H groups in total. The van der Waals surface area contributed by atoms with Crippen molar-refractivity contribution in [2.24, 2.45) is 0 Å². The average molecular weight is 375 g/mol. The molecule has 0 aliphatic carbocycles. The molecule has 0 saturated heterocycles. The molecule has 3 rings (SSSR count). The number of benzene rings is 2. The zero-order valence-electron chi connectivity index (χ0n) is 15.1. The SMILES string of the molecule is CC(C)N(Cc1ccccc1)Cc1nnnn1-c1ccc(C(F)(F)F)cc1. The van der Waals surface area contributed by atoms with Crippen molar-refractivity contribution in [2.45, 2.75) is 39.2 Å². The third kappa shape index (κ3) is 4.71. The van der Waals surface area contributed by atoms with Crippen LogP contribution in [0.2, 0.25) is 0 Å². The number of tetrazole rings is 1. The quantitative estimate of drug-likeness (QED) is 0.651. The molecule has 1 aromatic heterocycles. The zero-order chi connectivity index (χ0) is 19.4. The number of hydrogen-bond donors (Lipinski definition) is 0. The van der Waals surface area contributed by atoms with E-state index < -0.39 is 11.7 Å². The molecule has 8 heteroatoms. The van der Waals surface area contributed by atoms with E-state index in [2.05, 4.69) is 34.3 Å². The largest absolute Gasteiger partial charge is 0.416 e. The Morgan fingerprint density at radius 2 is 1.63 bits per heavy atom. The van der Waals surface area contributed by atoms with E-state index in [4.69, 9.17) is 0 Å². The van der Waals surface area contributed by atoms with Gasteiger partial charge in [-0.25, -0.2) is 0 Å². The van der Waals surface area contributed by atoms with Crippen LogP contribution in [0, 0.1) is 0 Å². The van der Waals surface area contributed by atoms with Crippen LogP contribution >= 0.6 is 0 Å². The van der Waals surface area contributed by atoms with Crippen LogP contribution in [0.5, 0.6) is 0 Å². The molecule has 0 atom stereocenters. The van der Waals surface area contributed by atoms with E-state index in [-0.39, 0.29) is 6.04 Å². The van der Waals surface area contributed by atoms with E-state index in [9.17, 15) is 13.2 Å². The van der Waals surface area contributed by atoms with Crippen molar-refractivity contribution >= 4 is 0 Å². The molecule has 0 radical (unpaired) electrons. The van der Waals surface area contributed by atoms with Crippen LogP contribution in [0.4, 0.5) is 13.2 Å². The van der Waals surface area contributed by atoms with Crippen LogP contribution in [-0.4, -0.2) is 31.1 Å². The standard InChI is InChI=1S/C19H20F3N5/c1-14(2)26(12-15-6-4-3-5-7-15)13-18-23-24-25-27(18)17-10-8-16(9-11-17)19(20,21)22/h3-11,14H,12-13H2,1-2H3. The van der Waals surface area contributed by atoms with Gasteiger partial charge in [0.15, 0.2) is 5.82 Å². The number of rotatable bonds is 6. The highest BCUT2D eigenvalue weighted by molar-refractivity contribution is 5.35. The first kappa shape index (κ1) is 19.0. The van der Waals surface area contributed by atoms with Crippen molar-refractivity contribution < 1.29 is 13.2 Å². The third-order valence-electron chi connectivity index (χ3n) is 4.28. The molecule has 142 valence electrons. The van der Waals surface area contributed by atoms with Crippen LogP contribution in [0.15, 0.2) is 54.6 Å². The summed E-state index contributed by atoms with van der Waals surface area (Å²) in [5, 5.41) is 11.7. The smallest absolute Gasteiger partial charge is 0.289 e. The summed E-state index contributed by atoms with van der Waals surface area (Å²) in [6, 6.07) is 15.1. The summed E-state index contributed by atoms with van der Waals surface area (Å²) in [5.74, 6) is 0.569. The van der Waals surface area contributed by atoms with Gasteiger partial charge in [-0.2, -0.15) is 17.9 Å². The Labute approximate surface area is 155 Å². The number of hydrogen-bond acceptors (Lipinski definition) is 4. The highest BCUT2D eigenvalue weighted by Crippen LogP contribution is 2.29. The zero-order valence-corrected chi connectivity index (χ0v) is 15.1. The van der Waals surface area contributed by atoms with Gasteiger partial charge in [-0.15, -0.1) is 5.10 Å². The Balaban J connectivity index is 1.81. The fraction of sp³-hybridized carbons (Fsp3) is 0.316. The summed E-state index contributed by atoms with van der Waals surface area (Å²) in [6.45, 7) is 5.35. The topological polar surface area (TPSA) is 46.8 Å². The number of nitrogens with zero attached hydrogens (tertiary/aromatic N) is 5. The number of halogens is 3. The fourth-order valence-electron chi connectivity index (χ4n) is 2.72. The lowest BCUT2D eigenvalue weighted by Gasteiger charge is -2.25. The van der Waals surface area contributed by atoms with Crippen LogP contribution in [0.3, 0.4) is 0 Å². The maximum atomic E-state index is 12.8. The van der Waals surface area contributed by atoms with E-state index in [1.54, 1.807) is 0 Å². The first-order valence-corrected chi connectivity index (χ1v) is 8.57. The monoisotopic (exact) mass is 375 g/mol. The Morgan fingerprint density at radius 1 is 0.963 bits per heavy atom. The van der Waals surface area contributed by atoms with Gasteiger partial charge in [0.1, 0.15) is 0 Å². The van der Waals surface area contributed by atoms with Crippen LogP contribution in [0.1, 0.15) is 30.8 Å². The molecule has 27 heavy (non-hydrogen) atoms. The molecule has 0 saturated carbocycles. The third-order valence-corrected chi connectivity index (χ3v) is 4.28. The lowest BCUT2D eigenvalue weighted by Crippen LogP contribution is -2.31. The normalized spacial score (nSPS) is 12.1. The molecular formula is C19H20F3N5. The Kier molecular flexibility index (Phi) is 5.55. The van der Waals surface area contributed by atoms with Gasteiger partial charge in [-0.3, -0.25) is 4.90 Å². The second-order valence-corrected chi connectivity index (χ2v) is 6.54. The Hall–Kier alpha value is -2.74. The number of aromatic nitrogens is 4. The summed E-state index contributed by atoms with van der Waals surface area (Å²) in [4.78, 5) is 2.20. The van der Waals surface area contributed by atoms with Gasteiger partial charge in [0.25, 0.3) is 0 Å². The van der Waals surface area contributed by atoms with Gasteiger partial charge < -0.3 is 0 Å². The maximum Gasteiger partial charge on any atom is 0.416 e. The molecule has 0 aliphatic heterocycles. The predicted molar refractivity (Wildman–Crippen MR) is 95.0 cm³/mol. The van der Waals surface area contributed by atoms with Crippen molar-refractivity contribution in [3.05, 3.63) is 71.5 Å². The van der Waals surface area contributed by atoms with E-state index >= 15 is 0 Å². The molecule has 0 spiro atoms. The minimum Gasteiger partial charge on any atom is -0.289 e. The van der Waals surface area contributed by atoms with E-state index in [1.807, 2.05) is 30.3 Å². The molecule has 2 aromatic carbocycles. The van der Waals surface area contributed by atoms with E-state index in [0.29, 0.717) is 18.1 Å². The Bertz CT molecular complexity index is 857. The molecule has 1 heterocycles. The molecule has 0 fully saturated rings. The Morgan fingerprint density at radius 3 is 2.22 bits per heavy atom. The number of alkyl halides is 3. The molecule has 0 unspecified atom stereocenters. The van der Waals surface area contributed by atoms with Crippen molar-refractivity contribution in [3.63, 3.8) is 0 Å². The molecule has 0 aliphatic rings. The summed E-state index contributed by atoms with van der Waals surface area (Å²) in [6.07, 6.45) is -4.37. The summed E-state index contributed by atoms with van der Waals surface area (Å²) in [5.41, 5.74) is 0.958. The van der Waals surface area contributed by atoms with Gasteiger partial charge in [0.2, 0.25) is 0 Å². The molecule has 0 amide bonds. The minimum atomic E-state index is -4.37. The molecule has 3 aromatic rings. The van der Waals surface area contributed by atoms with Gasteiger partial charge in [0, 0.05) is 12.6 Å². The first-order chi connectivity index (χ1) is 12.8. The van der Waals surface area contributed by atoms with Gasteiger partial charge in [0.05, 0.1) is 17.8 Å². The first-order valence-electron chi connectivity index (χ1n) is 8.57. The lowest BCUT2D eigenvalue weighted by atomic mass is 10.2. The van der Waals surface area contributed by atoms with E-state index in [0.717, 1.165) is 18.7 Å². The predicted octanol–water partition coefficient (Wildman–Crippen LogP) is 4.09. The lowest BCUT2D eigenvalue weighted by molar-refractivity contribution is -0.137. The fourth-order valence-corrected chi connectivity index (χ4v) is 2.72. The second kappa shape index (κ2) is 7.87. The summed E-state index contributed by atoms with van der Waals surface area (Å²) < 4.78 is 39.7.